The molecule has 0 aromatic heterocycles. The molecule has 0 saturated carbocycles. The predicted molar refractivity (Wildman–Crippen MR) is 87.6 cm³/mol. The monoisotopic (exact) mass is 338 g/mol. The highest BCUT2D eigenvalue weighted by molar-refractivity contribution is 6.08. The minimum atomic E-state index is -0.954. The summed E-state index contributed by atoms with van der Waals surface area (Å²) in [4.78, 5) is 38.3. The van der Waals surface area contributed by atoms with Crippen molar-refractivity contribution in [1.82, 2.24) is 4.90 Å². The van der Waals surface area contributed by atoms with Crippen LogP contribution >= 0.6 is 0 Å². The Bertz CT molecular complexity index is 767. The zero-order valence-electron chi connectivity index (χ0n) is 13.8. The van der Waals surface area contributed by atoms with Gasteiger partial charge in [0.15, 0.2) is 0 Å². The third-order valence-corrected chi connectivity index (χ3v) is 4.71. The fourth-order valence-corrected chi connectivity index (χ4v) is 3.32. The van der Waals surface area contributed by atoms with Crippen LogP contribution in [0.2, 0.25) is 0 Å². The molecule has 3 rings (SSSR count). The summed E-state index contributed by atoms with van der Waals surface area (Å²) in [6.07, 6.45) is 4.88. The van der Waals surface area contributed by atoms with Crippen molar-refractivity contribution >= 4 is 17.8 Å². The van der Waals surface area contributed by atoms with Gasteiger partial charge in [0.25, 0.3) is 0 Å². The van der Waals surface area contributed by atoms with E-state index in [9.17, 15) is 14.4 Å². The van der Waals surface area contributed by atoms with E-state index in [1.807, 2.05) is 18.2 Å². The molecule has 128 valence electrons. The molecule has 2 amide bonds. The molecule has 0 N–H and O–H groups in total. The summed E-state index contributed by atoms with van der Waals surface area (Å²) in [7, 11) is 0. The van der Waals surface area contributed by atoms with E-state index < -0.39 is 12.0 Å². The van der Waals surface area contributed by atoms with Crippen molar-refractivity contribution in [2.24, 2.45) is 11.8 Å². The van der Waals surface area contributed by atoms with E-state index in [-0.39, 0.29) is 30.3 Å². The van der Waals surface area contributed by atoms with Gasteiger partial charge in [0.05, 0.1) is 23.5 Å². The number of hydrogen-bond acceptors (Lipinski definition) is 5. The fraction of sp³-hybridized carbons (Fsp3) is 0.368. The second kappa shape index (κ2) is 6.89. The Balaban J connectivity index is 1.65. The number of likely N-dealkylation sites (tertiary alicyclic amines) is 1. The summed E-state index contributed by atoms with van der Waals surface area (Å²) in [5.74, 6) is -1.94. The van der Waals surface area contributed by atoms with Crippen LogP contribution in [0.3, 0.4) is 0 Å². The van der Waals surface area contributed by atoms with E-state index in [1.165, 1.54) is 6.92 Å². The molecule has 3 atom stereocenters. The first kappa shape index (κ1) is 16.9. The number of fused-ring (bicyclic) bond motifs is 1. The molecule has 1 fully saturated rings. The average Bonchev–Trinajstić information content (AvgIpc) is 2.90. The van der Waals surface area contributed by atoms with Crippen molar-refractivity contribution in [3.8, 4) is 6.07 Å². The highest BCUT2D eigenvalue weighted by Gasteiger charge is 2.50. The molecule has 1 aromatic rings. The molecule has 0 radical (unpaired) electrons. The van der Waals surface area contributed by atoms with Gasteiger partial charge in [-0.3, -0.25) is 14.5 Å². The van der Waals surface area contributed by atoms with E-state index in [0.717, 1.165) is 4.90 Å². The molecule has 1 heterocycles. The average molecular weight is 338 g/mol. The van der Waals surface area contributed by atoms with Crippen molar-refractivity contribution in [2.45, 2.75) is 32.4 Å². The normalized spacial score (nSPS) is 23.1. The van der Waals surface area contributed by atoms with Gasteiger partial charge in [0.1, 0.15) is 12.6 Å². The third kappa shape index (κ3) is 3.18. The van der Waals surface area contributed by atoms with Crippen molar-refractivity contribution in [3.05, 3.63) is 47.5 Å². The van der Waals surface area contributed by atoms with Crippen LogP contribution in [0.4, 0.5) is 0 Å². The van der Waals surface area contributed by atoms with Gasteiger partial charge < -0.3 is 4.74 Å². The molecule has 1 aliphatic carbocycles. The summed E-state index contributed by atoms with van der Waals surface area (Å²) in [5.41, 5.74) is 1.15. The van der Waals surface area contributed by atoms with Gasteiger partial charge in [-0.2, -0.15) is 5.26 Å². The first-order chi connectivity index (χ1) is 12.0. The fourth-order valence-electron chi connectivity index (χ4n) is 3.32. The highest BCUT2D eigenvalue weighted by Crippen LogP contribution is 2.36. The van der Waals surface area contributed by atoms with Gasteiger partial charge in [-0.15, -0.1) is 0 Å². The van der Waals surface area contributed by atoms with Crippen LogP contribution in [0, 0.1) is 23.2 Å². The largest absolute Gasteiger partial charge is 0.459 e. The Morgan fingerprint density at radius 2 is 1.92 bits per heavy atom. The summed E-state index contributed by atoms with van der Waals surface area (Å²) in [6.45, 7) is 1.50. The molecule has 1 aromatic carbocycles. The van der Waals surface area contributed by atoms with Crippen molar-refractivity contribution in [2.75, 3.05) is 0 Å². The molecule has 1 aliphatic heterocycles. The molecule has 25 heavy (non-hydrogen) atoms. The topological polar surface area (TPSA) is 87.5 Å². The maximum atomic E-state index is 12.5. The van der Waals surface area contributed by atoms with Gasteiger partial charge >= 0.3 is 5.97 Å². The molecular formula is C19H18N2O4. The number of hydrogen-bond donors (Lipinski definition) is 0. The predicted octanol–water partition coefficient (Wildman–Crippen LogP) is 1.94. The zero-order valence-corrected chi connectivity index (χ0v) is 13.8. The number of ether oxygens (including phenoxy) is 1. The van der Waals surface area contributed by atoms with Crippen molar-refractivity contribution in [3.63, 3.8) is 0 Å². The maximum Gasteiger partial charge on any atom is 0.329 e. The number of benzene rings is 1. The van der Waals surface area contributed by atoms with Crippen LogP contribution in [0.1, 0.15) is 30.9 Å². The summed E-state index contributed by atoms with van der Waals surface area (Å²) in [6, 6.07) is 7.80. The second-order valence-corrected chi connectivity index (χ2v) is 6.30. The lowest BCUT2D eigenvalue weighted by Crippen LogP contribution is -2.44. The minimum Gasteiger partial charge on any atom is -0.459 e. The Kier molecular flexibility index (Phi) is 4.66. The molecule has 2 aliphatic rings. The molecular weight excluding hydrogens is 320 g/mol. The molecule has 6 heteroatoms. The Morgan fingerprint density at radius 3 is 2.52 bits per heavy atom. The first-order valence-electron chi connectivity index (χ1n) is 8.20. The molecule has 0 spiro atoms. The SMILES string of the molecule is C[C@@H](C(=O)OCc1cccc(C#N)c1)N1C(=O)[C@H]2CC=CC[C@H]2C1=O. The van der Waals surface area contributed by atoms with Crippen LogP contribution in [0.15, 0.2) is 36.4 Å². The highest BCUT2D eigenvalue weighted by atomic mass is 16.5. The number of nitriles is 1. The number of amides is 2. The summed E-state index contributed by atoms with van der Waals surface area (Å²) in [5, 5.41) is 8.89. The van der Waals surface area contributed by atoms with Gasteiger partial charge in [-0.1, -0.05) is 24.3 Å². The Hall–Kier alpha value is -2.94. The van der Waals surface area contributed by atoms with Crippen LogP contribution < -0.4 is 0 Å². The maximum absolute atomic E-state index is 12.5. The summed E-state index contributed by atoms with van der Waals surface area (Å²) < 4.78 is 5.24. The van der Waals surface area contributed by atoms with Crippen LogP contribution in [-0.4, -0.2) is 28.7 Å². The Labute approximate surface area is 145 Å². The lowest BCUT2D eigenvalue weighted by atomic mass is 9.85. The number of imide groups is 1. The number of carbonyl (C=O) groups excluding carboxylic acids is 3. The smallest absolute Gasteiger partial charge is 0.329 e. The number of esters is 1. The van der Waals surface area contributed by atoms with E-state index >= 15 is 0 Å². The van der Waals surface area contributed by atoms with Crippen LogP contribution in [0.25, 0.3) is 0 Å². The lowest BCUT2D eigenvalue weighted by molar-refractivity contribution is -0.159. The van der Waals surface area contributed by atoms with E-state index in [1.54, 1.807) is 24.3 Å². The number of carbonyl (C=O) groups is 3. The van der Waals surface area contributed by atoms with E-state index in [4.69, 9.17) is 10.00 Å². The van der Waals surface area contributed by atoms with E-state index in [0.29, 0.717) is 24.0 Å². The number of rotatable bonds is 4. The van der Waals surface area contributed by atoms with Crippen LogP contribution in [-0.2, 0) is 25.7 Å². The molecule has 0 unspecified atom stereocenters. The lowest BCUT2D eigenvalue weighted by Gasteiger charge is -2.21. The first-order valence-corrected chi connectivity index (χ1v) is 8.20. The molecule has 1 saturated heterocycles. The third-order valence-electron chi connectivity index (χ3n) is 4.71. The zero-order chi connectivity index (χ0) is 18.0. The van der Waals surface area contributed by atoms with Gasteiger partial charge in [0, 0.05) is 0 Å². The molecule has 0 bridgehead atoms. The Morgan fingerprint density at radius 1 is 1.28 bits per heavy atom. The van der Waals surface area contributed by atoms with Gasteiger partial charge in [-0.05, 0) is 37.5 Å². The van der Waals surface area contributed by atoms with E-state index in [2.05, 4.69) is 0 Å². The minimum absolute atomic E-state index is 0.0106. The quantitative estimate of drug-likeness (QED) is 0.476. The van der Waals surface area contributed by atoms with Gasteiger partial charge in [0.2, 0.25) is 11.8 Å². The van der Waals surface area contributed by atoms with Crippen molar-refractivity contribution in [1.29, 1.82) is 5.26 Å². The van der Waals surface area contributed by atoms with Gasteiger partial charge in [-0.25, -0.2) is 4.79 Å². The summed E-state index contributed by atoms with van der Waals surface area (Å²) >= 11 is 0. The van der Waals surface area contributed by atoms with Crippen LogP contribution in [0.5, 0.6) is 0 Å². The van der Waals surface area contributed by atoms with Crippen molar-refractivity contribution < 1.29 is 19.1 Å². The number of nitrogens with zero attached hydrogens (tertiary/aromatic N) is 2. The number of allylic oxidation sites excluding steroid dienone is 2. The second-order valence-electron chi connectivity index (χ2n) is 6.30. The molecule has 6 nitrogen and oxygen atoms in total. The standard InChI is InChI=1S/C19H18N2O4/c1-12(19(24)25-11-14-6-4-5-13(9-14)10-20)21-17(22)15-7-2-3-8-16(15)18(21)23/h2-6,9,12,15-16H,7-8,11H2,1H3/t12-,15-,16+/m0/s1.